The molecule has 106 valence electrons. The third-order valence-electron chi connectivity index (χ3n) is 3.96. The van der Waals surface area contributed by atoms with Crippen LogP contribution in [0.4, 0.5) is 0 Å². The Balaban J connectivity index is 2.26. The first kappa shape index (κ1) is 14.4. The molecule has 1 aromatic carbocycles. The molecule has 0 bridgehead atoms. The monoisotopic (exact) mass is 263 g/mol. The van der Waals surface area contributed by atoms with Crippen molar-refractivity contribution in [1.82, 2.24) is 5.32 Å². The van der Waals surface area contributed by atoms with Gasteiger partial charge >= 0.3 is 0 Å². The average Bonchev–Trinajstić information content (AvgIpc) is 2.90. The van der Waals surface area contributed by atoms with Crippen LogP contribution in [0.3, 0.4) is 0 Å². The van der Waals surface area contributed by atoms with E-state index in [1.165, 1.54) is 5.56 Å². The van der Waals surface area contributed by atoms with Gasteiger partial charge in [-0.05, 0) is 32.9 Å². The highest BCUT2D eigenvalue weighted by molar-refractivity contribution is 5.36. The maximum atomic E-state index is 5.84. The lowest BCUT2D eigenvalue weighted by Gasteiger charge is -2.28. The van der Waals surface area contributed by atoms with Gasteiger partial charge in [0.05, 0.1) is 12.7 Å². The summed E-state index contributed by atoms with van der Waals surface area (Å²) in [6.45, 7) is 5.80. The molecule has 3 atom stereocenters. The summed E-state index contributed by atoms with van der Waals surface area (Å²) < 4.78 is 11.6. The van der Waals surface area contributed by atoms with Crippen LogP contribution in [0, 0.1) is 5.92 Å². The number of ether oxygens (including phenoxy) is 2. The molecule has 3 heteroatoms. The molecule has 0 radical (unpaired) electrons. The minimum absolute atomic E-state index is 0.301. The molecule has 1 aliphatic rings. The second-order valence-electron chi connectivity index (χ2n) is 5.01. The molecule has 1 aliphatic heterocycles. The van der Waals surface area contributed by atoms with Crippen LogP contribution in [0.1, 0.15) is 38.3 Å². The van der Waals surface area contributed by atoms with Crippen LogP contribution in [0.15, 0.2) is 24.3 Å². The molecular weight excluding hydrogens is 238 g/mol. The van der Waals surface area contributed by atoms with Gasteiger partial charge in [-0.15, -0.1) is 0 Å². The Labute approximate surface area is 116 Å². The SMILES string of the molecule is CCOc1ccccc1C(NC)C1CCOC1CC. The van der Waals surface area contributed by atoms with E-state index >= 15 is 0 Å². The molecule has 1 fully saturated rings. The molecule has 0 amide bonds. The van der Waals surface area contributed by atoms with Gasteiger partial charge in [-0.3, -0.25) is 0 Å². The number of nitrogens with one attached hydrogen (secondary N) is 1. The number of rotatable bonds is 6. The summed E-state index contributed by atoms with van der Waals surface area (Å²) >= 11 is 0. The standard InChI is InChI=1S/C16H25NO2/c1-4-14-13(10-11-19-14)16(17-3)12-8-6-7-9-15(12)18-5-2/h6-9,13-14,16-17H,4-5,10-11H2,1-3H3. The van der Waals surface area contributed by atoms with Crippen LogP contribution in [0.2, 0.25) is 0 Å². The smallest absolute Gasteiger partial charge is 0.124 e. The van der Waals surface area contributed by atoms with E-state index in [0.29, 0.717) is 24.7 Å². The second-order valence-corrected chi connectivity index (χ2v) is 5.01. The maximum Gasteiger partial charge on any atom is 0.124 e. The Bertz CT molecular complexity index is 394. The zero-order chi connectivity index (χ0) is 13.7. The van der Waals surface area contributed by atoms with Gasteiger partial charge in [0.25, 0.3) is 0 Å². The van der Waals surface area contributed by atoms with Gasteiger partial charge < -0.3 is 14.8 Å². The molecule has 3 unspecified atom stereocenters. The molecule has 0 saturated carbocycles. The summed E-state index contributed by atoms with van der Waals surface area (Å²) in [5.41, 5.74) is 1.25. The van der Waals surface area contributed by atoms with Crippen molar-refractivity contribution in [3.05, 3.63) is 29.8 Å². The quantitative estimate of drug-likeness (QED) is 0.855. The molecule has 2 rings (SSSR count). The van der Waals surface area contributed by atoms with E-state index in [-0.39, 0.29) is 0 Å². The van der Waals surface area contributed by atoms with Crippen LogP contribution in [0.5, 0.6) is 5.75 Å². The van der Waals surface area contributed by atoms with Crippen molar-refractivity contribution in [3.63, 3.8) is 0 Å². The Kier molecular flexibility index (Phi) is 5.23. The Morgan fingerprint density at radius 1 is 1.37 bits per heavy atom. The third-order valence-corrected chi connectivity index (χ3v) is 3.96. The highest BCUT2D eigenvalue weighted by atomic mass is 16.5. The van der Waals surface area contributed by atoms with Crippen molar-refractivity contribution in [2.24, 2.45) is 5.92 Å². The van der Waals surface area contributed by atoms with Crippen LogP contribution in [-0.4, -0.2) is 26.4 Å². The first-order chi connectivity index (χ1) is 9.31. The molecule has 3 nitrogen and oxygen atoms in total. The van der Waals surface area contributed by atoms with E-state index in [4.69, 9.17) is 9.47 Å². The van der Waals surface area contributed by atoms with Gasteiger partial charge in [-0.2, -0.15) is 0 Å². The Hall–Kier alpha value is -1.06. The van der Waals surface area contributed by atoms with Crippen LogP contribution in [0.25, 0.3) is 0 Å². The van der Waals surface area contributed by atoms with E-state index in [1.807, 2.05) is 20.0 Å². The van der Waals surface area contributed by atoms with Crippen molar-refractivity contribution in [2.75, 3.05) is 20.3 Å². The van der Waals surface area contributed by atoms with E-state index in [0.717, 1.165) is 25.2 Å². The molecule has 0 spiro atoms. The van der Waals surface area contributed by atoms with E-state index < -0.39 is 0 Å². The minimum atomic E-state index is 0.301. The third kappa shape index (κ3) is 3.10. The molecule has 1 aromatic rings. The van der Waals surface area contributed by atoms with Crippen LogP contribution < -0.4 is 10.1 Å². The van der Waals surface area contributed by atoms with Gasteiger partial charge in [0.1, 0.15) is 5.75 Å². The van der Waals surface area contributed by atoms with E-state index in [1.54, 1.807) is 0 Å². The fourth-order valence-corrected chi connectivity index (χ4v) is 3.09. The van der Waals surface area contributed by atoms with E-state index in [2.05, 4.69) is 30.4 Å². The van der Waals surface area contributed by atoms with Crippen LogP contribution >= 0.6 is 0 Å². The minimum Gasteiger partial charge on any atom is -0.494 e. The Morgan fingerprint density at radius 3 is 2.84 bits per heavy atom. The molecule has 1 heterocycles. The molecule has 1 N–H and O–H groups in total. The lowest BCUT2D eigenvalue weighted by Crippen LogP contribution is -2.31. The summed E-state index contributed by atoms with van der Waals surface area (Å²) in [4.78, 5) is 0. The normalized spacial score (nSPS) is 24.4. The highest BCUT2D eigenvalue weighted by Gasteiger charge is 2.34. The van der Waals surface area contributed by atoms with Gasteiger partial charge in [0.15, 0.2) is 0 Å². The van der Waals surface area contributed by atoms with Crippen molar-refractivity contribution < 1.29 is 9.47 Å². The number of hydrogen-bond donors (Lipinski definition) is 1. The predicted octanol–water partition coefficient (Wildman–Crippen LogP) is 3.16. The van der Waals surface area contributed by atoms with Crippen molar-refractivity contribution >= 4 is 0 Å². The van der Waals surface area contributed by atoms with Gasteiger partial charge in [-0.25, -0.2) is 0 Å². The summed E-state index contributed by atoms with van der Waals surface area (Å²) in [5.74, 6) is 1.52. The first-order valence-electron chi connectivity index (χ1n) is 7.32. The number of para-hydroxylation sites is 1. The van der Waals surface area contributed by atoms with Gasteiger partial charge in [0.2, 0.25) is 0 Å². The number of benzene rings is 1. The molecular formula is C16H25NO2. The molecule has 19 heavy (non-hydrogen) atoms. The zero-order valence-electron chi connectivity index (χ0n) is 12.2. The zero-order valence-corrected chi connectivity index (χ0v) is 12.2. The second kappa shape index (κ2) is 6.92. The molecule has 0 aromatic heterocycles. The van der Waals surface area contributed by atoms with E-state index in [9.17, 15) is 0 Å². The summed E-state index contributed by atoms with van der Waals surface area (Å²) in [6, 6.07) is 8.63. The average molecular weight is 263 g/mol. The van der Waals surface area contributed by atoms with Crippen molar-refractivity contribution in [3.8, 4) is 5.75 Å². The van der Waals surface area contributed by atoms with Gasteiger partial charge in [0, 0.05) is 24.1 Å². The summed E-state index contributed by atoms with van der Waals surface area (Å²) in [6.07, 6.45) is 2.54. The fourth-order valence-electron chi connectivity index (χ4n) is 3.09. The topological polar surface area (TPSA) is 30.5 Å². The molecule has 0 aliphatic carbocycles. The van der Waals surface area contributed by atoms with Crippen LogP contribution in [-0.2, 0) is 4.74 Å². The van der Waals surface area contributed by atoms with Crippen molar-refractivity contribution in [2.45, 2.75) is 38.8 Å². The summed E-state index contributed by atoms with van der Waals surface area (Å²) in [7, 11) is 2.03. The predicted molar refractivity (Wildman–Crippen MR) is 77.5 cm³/mol. The summed E-state index contributed by atoms with van der Waals surface area (Å²) in [5, 5.41) is 3.46. The first-order valence-corrected chi connectivity index (χ1v) is 7.32. The lowest BCUT2D eigenvalue weighted by atomic mass is 9.86. The maximum absolute atomic E-state index is 5.84. The lowest BCUT2D eigenvalue weighted by molar-refractivity contribution is 0.0779. The molecule has 1 saturated heterocycles. The Morgan fingerprint density at radius 2 is 2.16 bits per heavy atom. The van der Waals surface area contributed by atoms with Crippen molar-refractivity contribution in [1.29, 1.82) is 0 Å². The number of hydrogen-bond acceptors (Lipinski definition) is 3. The fraction of sp³-hybridized carbons (Fsp3) is 0.625. The largest absolute Gasteiger partial charge is 0.494 e. The highest BCUT2D eigenvalue weighted by Crippen LogP contribution is 2.38. The van der Waals surface area contributed by atoms with Gasteiger partial charge in [-0.1, -0.05) is 25.1 Å².